The molecule has 0 unspecified atom stereocenters. The molecular weight excluding hydrogens is 668 g/mol. The fourth-order valence-electron chi connectivity index (χ4n) is 4.31. The summed E-state index contributed by atoms with van der Waals surface area (Å²) in [5.41, 5.74) is 2.09. The van der Waals surface area contributed by atoms with Crippen molar-refractivity contribution >= 4 is 37.5 Å². The molecule has 47 heavy (non-hydrogen) atoms. The molecule has 0 aliphatic rings. The van der Waals surface area contributed by atoms with E-state index in [2.05, 4.69) is 25.3 Å². The maximum absolute atomic E-state index is 13.4. The lowest BCUT2D eigenvalue weighted by molar-refractivity contribution is -0.274. The molecule has 1 atom stereocenters. The summed E-state index contributed by atoms with van der Waals surface area (Å²) in [6, 6.07) is 15.8. The Morgan fingerprint density at radius 2 is 1.66 bits per heavy atom. The van der Waals surface area contributed by atoms with Gasteiger partial charge in [-0.1, -0.05) is 29.5 Å². The fraction of sp³-hybridized carbons (Fsp3) is 0.241. The number of nitrogens with one attached hydrogen (secondary N) is 1. The van der Waals surface area contributed by atoms with Gasteiger partial charge in [0.1, 0.15) is 48.9 Å². The summed E-state index contributed by atoms with van der Waals surface area (Å²) in [5.74, 6) is 0.0367. The highest BCUT2D eigenvalue weighted by Gasteiger charge is 2.31. The second-order valence-corrected chi connectivity index (χ2v) is 12.7. The van der Waals surface area contributed by atoms with Gasteiger partial charge in [-0.3, -0.25) is 4.79 Å². The molecule has 0 spiro atoms. The van der Waals surface area contributed by atoms with E-state index in [1.165, 1.54) is 23.0 Å². The van der Waals surface area contributed by atoms with Gasteiger partial charge in [0.05, 0.1) is 16.4 Å². The summed E-state index contributed by atoms with van der Waals surface area (Å²) < 4.78 is 89.9. The third-order valence-corrected chi connectivity index (χ3v) is 8.81. The Kier molecular flexibility index (Phi) is 10.2. The van der Waals surface area contributed by atoms with Crippen molar-refractivity contribution in [2.45, 2.75) is 36.3 Å². The number of sulfonamides is 1. The van der Waals surface area contributed by atoms with Crippen LogP contribution in [0.1, 0.15) is 22.9 Å². The van der Waals surface area contributed by atoms with Crippen LogP contribution in [0.3, 0.4) is 0 Å². The van der Waals surface area contributed by atoms with Crippen LogP contribution in [-0.2, 0) is 34.4 Å². The normalized spacial score (nSPS) is 12.5. The molecule has 1 amide bonds. The Hall–Kier alpha value is -4.81. The van der Waals surface area contributed by atoms with Crippen LogP contribution < -0.4 is 24.7 Å². The van der Waals surface area contributed by atoms with Crippen molar-refractivity contribution in [3.8, 4) is 17.2 Å². The highest BCUT2D eigenvalue weighted by molar-refractivity contribution is 7.91. The number of nitrogens with zero attached hydrogens (tertiary/aromatic N) is 4. The number of thiazole rings is 1. The summed E-state index contributed by atoms with van der Waals surface area (Å²) in [6.07, 6.45) is -3.11. The number of amides is 1. The molecule has 3 aromatic carbocycles. The maximum Gasteiger partial charge on any atom is 0.573 e. The Labute approximate surface area is 269 Å². The molecule has 0 aliphatic heterocycles. The molecule has 2 heterocycles. The van der Waals surface area contributed by atoms with Crippen LogP contribution in [0.25, 0.3) is 10.2 Å². The topological polar surface area (TPSA) is 161 Å². The van der Waals surface area contributed by atoms with Crippen LogP contribution in [-0.4, -0.2) is 53.9 Å². The molecule has 3 N–H and O–H groups in total. The predicted molar refractivity (Wildman–Crippen MR) is 161 cm³/mol. The number of hydrogen-bond acceptors (Lipinski definition) is 10. The number of nitrogens with two attached hydrogens (primary N) is 1. The van der Waals surface area contributed by atoms with Gasteiger partial charge in [0, 0.05) is 13.0 Å². The lowest BCUT2D eigenvalue weighted by atomic mass is 10.0. The molecule has 0 saturated heterocycles. The van der Waals surface area contributed by atoms with Crippen LogP contribution in [0, 0.1) is 0 Å². The lowest BCUT2D eigenvalue weighted by Crippen LogP contribution is -2.34. The smallest absolute Gasteiger partial charge is 0.491 e. The zero-order valence-electron chi connectivity index (χ0n) is 24.2. The largest absolute Gasteiger partial charge is 0.573 e. The van der Waals surface area contributed by atoms with Gasteiger partial charge >= 0.3 is 6.36 Å². The summed E-state index contributed by atoms with van der Waals surface area (Å²) in [4.78, 5) is 17.4. The third kappa shape index (κ3) is 9.36. The van der Waals surface area contributed by atoms with Gasteiger partial charge in [0.15, 0.2) is 0 Å². The number of halogens is 4. The van der Waals surface area contributed by atoms with E-state index in [1.807, 2.05) is 0 Å². The van der Waals surface area contributed by atoms with E-state index in [9.17, 15) is 30.8 Å². The van der Waals surface area contributed by atoms with E-state index in [0.717, 1.165) is 29.0 Å². The average molecular weight is 695 g/mol. The van der Waals surface area contributed by atoms with E-state index in [4.69, 9.17) is 14.6 Å². The molecule has 0 fully saturated rings. The number of fused-ring (bicyclic) bond motifs is 1. The first-order valence-corrected chi connectivity index (χ1v) is 16.1. The standard InChI is InChI=1S/C29H26F4N6O6S2/c30-11-12-43-21-5-1-18(2-6-21)13-25(27(40)35-15-19-3-7-22(8-4-19)45-29(31,32)33)39-16-20(37-38-39)17-44-23-9-10-24-26(14-23)46-28(36-24)47(34,41)42/h1-10,14,16,25H,11-13,15,17H2,(H,35,40)(H2,34,41,42)/t25-/m0/s1. The zero-order chi connectivity index (χ0) is 33.6. The summed E-state index contributed by atoms with van der Waals surface area (Å²) in [5, 5.41) is 16.2. The van der Waals surface area contributed by atoms with Crippen LogP contribution in [0.2, 0.25) is 0 Å². The van der Waals surface area contributed by atoms with Gasteiger partial charge in [0.25, 0.3) is 10.0 Å². The Balaban J connectivity index is 1.29. The highest BCUT2D eigenvalue weighted by atomic mass is 32.2. The van der Waals surface area contributed by atoms with E-state index in [0.29, 0.717) is 33.0 Å². The fourth-order valence-corrected chi connectivity index (χ4v) is 5.99. The number of aromatic nitrogens is 4. The van der Waals surface area contributed by atoms with Crippen molar-refractivity contribution in [2.24, 2.45) is 5.14 Å². The first-order valence-electron chi connectivity index (χ1n) is 13.7. The van der Waals surface area contributed by atoms with Gasteiger partial charge in [-0.25, -0.2) is 27.6 Å². The highest BCUT2D eigenvalue weighted by Crippen LogP contribution is 2.29. The number of carbonyl (C=O) groups excluding carboxylic acids is 1. The van der Waals surface area contributed by atoms with Gasteiger partial charge in [-0.15, -0.1) is 29.6 Å². The van der Waals surface area contributed by atoms with Crippen molar-refractivity contribution in [1.82, 2.24) is 25.3 Å². The number of alkyl halides is 4. The van der Waals surface area contributed by atoms with Gasteiger partial charge in [0.2, 0.25) is 10.2 Å². The second-order valence-electron chi connectivity index (χ2n) is 9.94. The number of benzene rings is 3. The number of ether oxygens (including phenoxy) is 3. The molecule has 5 rings (SSSR count). The van der Waals surface area contributed by atoms with Crippen molar-refractivity contribution in [2.75, 3.05) is 13.3 Å². The van der Waals surface area contributed by atoms with Crippen molar-refractivity contribution in [3.63, 3.8) is 0 Å². The van der Waals surface area contributed by atoms with E-state index in [1.54, 1.807) is 42.5 Å². The minimum Gasteiger partial charge on any atom is -0.491 e. The summed E-state index contributed by atoms with van der Waals surface area (Å²) >= 11 is 0.906. The number of rotatable bonds is 14. The third-order valence-electron chi connectivity index (χ3n) is 6.47. The molecular formula is C29H26F4N6O6S2. The zero-order valence-corrected chi connectivity index (χ0v) is 25.8. The monoisotopic (exact) mass is 694 g/mol. The molecule has 0 aliphatic carbocycles. The molecule has 18 heteroatoms. The maximum atomic E-state index is 13.4. The number of carbonyl (C=O) groups is 1. The first-order chi connectivity index (χ1) is 22.4. The Morgan fingerprint density at radius 3 is 2.34 bits per heavy atom. The second kappa shape index (κ2) is 14.3. The Morgan fingerprint density at radius 1 is 0.979 bits per heavy atom. The quantitative estimate of drug-likeness (QED) is 0.160. The summed E-state index contributed by atoms with van der Waals surface area (Å²) in [7, 11) is -3.95. The van der Waals surface area contributed by atoms with Gasteiger partial charge in [-0.05, 0) is 53.6 Å². The molecule has 0 radical (unpaired) electrons. The first kappa shape index (κ1) is 33.6. The van der Waals surface area contributed by atoms with Crippen LogP contribution in [0.15, 0.2) is 77.3 Å². The SMILES string of the molecule is NS(=O)(=O)c1nc2ccc(OCc3cn([C@@H](Cc4ccc(OCCF)cc4)C(=O)NCc4ccc(OC(F)(F)F)cc4)nn3)cc2s1. The molecule has 248 valence electrons. The van der Waals surface area contributed by atoms with Crippen molar-refractivity contribution < 1.29 is 45.0 Å². The van der Waals surface area contributed by atoms with Crippen LogP contribution >= 0.6 is 11.3 Å². The van der Waals surface area contributed by atoms with E-state index >= 15 is 0 Å². The van der Waals surface area contributed by atoms with Crippen LogP contribution in [0.4, 0.5) is 17.6 Å². The van der Waals surface area contributed by atoms with Crippen LogP contribution in [0.5, 0.6) is 17.2 Å². The van der Waals surface area contributed by atoms with E-state index < -0.39 is 35.0 Å². The molecule has 12 nitrogen and oxygen atoms in total. The average Bonchev–Trinajstić information content (AvgIpc) is 3.68. The lowest BCUT2D eigenvalue weighted by Gasteiger charge is -2.17. The minimum atomic E-state index is -4.82. The van der Waals surface area contributed by atoms with Gasteiger partial charge < -0.3 is 19.5 Å². The van der Waals surface area contributed by atoms with Crippen molar-refractivity contribution in [3.05, 3.63) is 89.7 Å². The predicted octanol–water partition coefficient (Wildman–Crippen LogP) is 4.46. The molecule has 5 aromatic rings. The molecule has 0 saturated carbocycles. The summed E-state index contributed by atoms with van der Waals surface area (Å²) in [6.45, 7) is -0.755. The van der Waals surface area contributed by atoms with Crippen molar-refractivity contribution in [1.29, 1.82) is 0 Å². The molecule has 0 bridgehead atoms. The van der Waals surface area contributed by atoms with E-state index in [-0.39, 0.29) is 36.3 Å². The van der Waals surface area contributed by atoms with Gasteiger partial charge in [-0.2, -0.15) is 0 Å². The molecule has 2 aromatic heterocycles. The number of primary sulfonamides is 1. The Bertz CT molecular complexity index is 1930. The number of hydrogen-bond donors (Lipinski definition) is 2. The minimum absolute atomic E-state index is 0.00946.